The summed E-state index contributed by atoms with van der Waals surface area (Å²) in [5, 5.41) is 9.94. The summed E-state index contributed by atoms with van der Waals surface area (Å²) < 4.78 is 9.24. The summed E-state index contributed by atoms with van der Waals surface area (Å²) in [6, 6.07) is 0. The second kappa shape index (κ2) is 3.86. The van der Waals surface area contributed by atoms with Crippen molar-refractivity contribution in [1.29, 1.82) is 0 Å². The first kappa shape index (κ1) is 10.5. The van der Waals surface area contributed by atoms with Crippen molar-refractivity contribution >= 4 is 17.5 Å². The highest BCUT2D eigenvalue weighted by Crippen LogP contribution is 2.35. The summed E-state index contributed by atoms with van der Waals surface area (Å²) in [5.41, 5.74) is -0.871. The maximum atomic E-state index is 11.4. The molecule has 0 atom stereocenters. The summed E-state index contributed by atoms with van der Waals surface area (Å²) in [4.78, 5) is 15.6. The molecule has 1 fully saturated rings. The number of aromatic nitrogens is 2. The minimum Gasteiger partial charge on any atom is -0.481 e. The zero-order chi connectivity index (χ0) is 10.9. The number of carbonyl (C=O) groups is 1. The first-order valence-electron chi connectivity index (χ1n) is 4.77. The fourth-order valence-corrected chi connectivity index (χ4v) is 2.63. The molecule has 5 nitrogen and oxygen atoms in total. The minimum atomic E-state index is -0.871. The van der Waals surface area contributed by atoms with E-state index in [0.29, 0.717) is 36.9 Å². The van der Waals surface area contributed by atoms with E-state index >= 15 is 0 Å². The third-order valence-corrected chi connectivity index (χ3v) is 3.70. The molecule has 1 aliphatic rings. The lowest BCUT2D eigenvalue weighted by Crippen LogP contribution is -2.41. The van der Waals surface area contributed by atoms with E-state index in [2.05, 4.69) is 9.36 Å². The van der Waals surface area contributed by atoms with Crippen molar-refractivity contribution in [2.75, 3.05) is 13.2 Å². The molecule has 1 aliphatic heterocycles. The van der Waals surface area contributed by atoms with Crippen molar-refractivity contribution in [2.24, 2.45) is 0 Å². The SMILES string of the molecule is Cc1nsc(C2(C(=O)O)CCOCC2)n1. The van der Waals surface area contributed by atoms with Gasteiger partial charge in [-0.3, -0.25) is 4.79 Å². The molecule has 1 aromatic rings. The summed E-state index contributed by atoms with van der Waals surface area (Å²) in [6.07, 6.45) is 0.966. The smallest absolute Gasteiger partial charge is 0.316 e. The standard InChI is InChI=1S/C9H12N2O3S/c1-6-10-7(15-11-6)9(8(12)13)2-4-14-5-3-9/h2-5H2,1H3,(H,12,13). The largest absolute Gasteiger partial charge is 0.481 e. The molecule has 0 spiro atoms. The van der Waals surface area contributed by atoms with Crippen LogP contribution in [0, 0.1) is 6.92 Å². The lowest BCUT2D eigenvalue weighted by molar-refractivity contribution is -0.147. The molecule has 1 aromatic heterocycles. The number of aliphatic carboxylic acids is 1. The highest BCUT2D eigenvalue weighted by molar-refractivity contribution is 7.05. The van der Waals surface area contributed by atoms with Gasteiger partial charge in [0.2, 0.25) is 0 Å². The molecule has 6 heteroatoms. The summed E-state index contributed by atoms with van der Waals surface area (Å²) >= 11 is 1.19. The van der Waals surface area contributed by atoms with E-state index in [4.69, 9.17) is 4.74 Å². The molecule has 0 unspecified atom stereocenters. The maximum absolute atomic E-state index is 11.4. The van der Waals surface area contributed by atoms with E-state index in [1.807, 2.05) is 0 Å². The van der Waals surface area contributed by atoms with E-state index in [0.717, 1.165) is 0 Å². The number of ether oxygens (including phenoxy) is 1. The van der Waals surface area contributed by atoms with E-state index in [9.17, 15) is 9.90 Å². The van der Waals surface area contributed by atoms with E-state index in [1.54, 1.807) is 6.92 Å². The first-order valence-corrected chi connectivity index (χ1v) is 5.54. The van der Waals surface area contributed by atoms with Gasteiger partial charge >= 0.3 is 5.97 Å². The van der Waals surface area contributed by atoms with Gasteiger partial charge in [0.05, 0.1) is 0 Å². The highest BCUT2D eigenvalue weighted by Gasteiger charge is 2.44. The van der Waals surface area contributed by atoms with Crippen LogP contribution in [-0.4, -0.2) is 33.6 Å². The molecular formula is C9H12N2O3S. The molecular weight excluding hydrogens is 216 g/mol. The Kier molecular flexibility index (Phi) is 2.70. The van der Waals surface area contributed by atoms with E-state index in [1.165, 1.54) is 11.5 Å². The fraction of sp³-hybridized carbons (Fsp3) is 0.667. The number of hydrogen-bond acceptors (Lipinski definition) is 5. The number of aryl methyl sites for hydroxylation is 1. The third-order valence-electron chi connectivity index (χ3n) is 2.69. The van der Waals surface area contributed by atoms with Gasteiger partial charge in [0, 0.05) is 13.2 Å². The van der Waals surface area contributed by atoms with Crippen molar-refractivity contribution in [1.82, 2.24) is 9.36 Å². The van der Waals surface area contributed by atoms with E-state index < -0.39 is 11.4 Å². The van der Waals surface area contributed by atoms with Crippen LogP contribution in [0.5, 0.6) is 0 Å². The molecule has 0 bridgehead atoms. The number of carboxylic acids is 1. The summed E-state index contributed by atoms with van der Waals surface area (Å²) in [6.45, 7) is 2.73. The van der Waals surface area contributed by atoms with Crippen molar-refractivity contribution < 1.29 is 14.6 Å². The number of rotatable bonds is 2. The quantitative estimate of drug-likeness (QED) is 0.816. The van der Waals surface area contributed by atoms with Crippen LogP contribution in [0.25, 0.3) is 0 Å². The van der Waals surface area contributed by atoms with Gasteiger partial charge < -0.3 is 9.84 Å². The molecule has 0 amide bonds. The molecule has 0 saturated carbocycles. The predicted molar refractivity (Wildman–Crippen MR) is 54.0 cm³/mol. The number of nitrogens with zero attached hydrogens (tertiary/aromatic N) is 2. The zero-order valence-corrected chi connectivity index (χ0v) is 9.21. The average molecular weight is 228 g/mol. The maximum Gasteiger partial charge on any atom is 0.316 e. The molecule has 82 valence electrons. The van der Waals surface area contributed by atoms with E-state index in [-0.39, 0.29) is 0 Å². The van der Waals surface area contributed by atoms with Crippen LogP contribution in [0.15, 0.2) is 0 Å². The Morgan fingerprint density at radius 2 is 2.20 bits per heavy atom. The van der Waals surface area contributed by atoms with Crippen LogP contribution in [0.4, 0.5) is 0 Å². The number of hydrogen-bond donors (Lipinski definition) is 1. The Hall–Kier alpha value is -1.01. The number of carboxylic acid groups (broad SMARTS) is 1. The second-order valence-electron chi connectivity index (χ2n) is 3.65. The molecule has 2 rings (SSSR count). The molecule has 1 N–H and O–H groups in total. The van der Waals surface area contributed by atoms with Crippen molar-refractivity contribution in [2.45, 2.75) is 25.2 Å². The first-order chi connectivity index (χ1) is 7.15. The van der Waals surface area contributed by atoms with Gasteiger partial charge in [-0.2, -0.15) is 4.37 Å². The van der Waals surface area contributed by atoms with Crippen LogP contribution < -0.4 is 0 Å². The molecule has 2 heterocycles. The van der Waals surface area contributed by atoms with Crippen LogP contribution in [0.1, 0.15) is 23.7 Å². The fourth-order valence-electron chi connectivity index (χ4n) is 1.73. The summed E-state index contributed by atoms with van der Waals surface area (Å²) in [7, 11) is 0. The molecule has 0 radical (unpaired) electrons. The highest BCUT2D eigenvalue weighted by atomic mass is 32.1. The van der Waals surface area contributed by atoms with Crippen LogP contribution in [0.2, 0.25) is 0 Å². The van der Waals surface area contributed by atoms with Crippen molar-refractivity contribution in [3.05, 3.63) is 10.8 Å². The minimum absolute atomic E-state index is 0.477. The van der Waals surface area contributed by atoms with Gasteiger partial charge in [0.25, 0.3) is 0 Å². The summed E-state index contributed by atoms with van der Waals surface area (Å²) in [5.74, 6) is -0.177. The predicted octanol–water partition coefficient (Wildman–Crippen LogP) is 0.979. The third kappa shape index (κ3) is 1.74. The Balaban J connectivity index is 2.37. The van der Waals surface area contributed by atoms with Gasteiger partial charge in [-0.15, -0.1) is 0 Å². The monoisotopic (exact) mass is 228 g/mol. The van der Waals surface area contributed by atoms with Crippen LogP contribution in [-0.2, 0) is 14.9 Å². The lowest BCUT2D eigenvalue weighted by Gasteiger charge is -2.30. The van der Waals surface area contributed by atoms with Crippen molar-refractivity contribution in [3.8, 4) is 0 Å². The van der Waals surface area contributed by atoms with Crippen LogP contribution in [0.3, 0.4) is 0 Å². The van der Waals surface area contributed by atoms with Gasteiger partial charge in [-0.1, -0.05) is 0 Å². The van der Waals surface area contributed by atoms with Gasteiger partial charge in [-0.05, 0) is 31.3 Å². The average Bonchev–Trinajstić information content (AvgIpc) is 2.66. The molecule has 0 aliphatic carbocycles. The van der Waals surface area contributed by atoms with Gasteiger partial charge in [0.15, 0.2) is 0 Å². The normalized spacial score (nSPS) is 20.1. The van der Waals surface area contributed by atoms with Crippen LogP contribution >= 0.6 is 11.5 Å². The molecule has 1 saturated heterocycles. The Morgan fingerprint density at radius 1 is 1.53 bits per heavy atom. The van der Waals surface area contributed by atoms with Crippen molar-refractivity contribution in [3.63, 3.8) is 0 Å². The molecule has 0 aromatic carbocycles. The Labute approximate surface area is 91.3 Å². The van der Waals surface area contributed by atoms with Gasteiger partial charge in [-0.25, -0.2) is 4.98 Å². The Morgan fingerprint density at radius 3 is 2.67 bits per heavy atom. The Bertz CT molecular complexity index is 371. The topological polar surface area (TPSA) is 72.3 Å². The lowest BCUT2D eigenvalue weighted by atomic mass is 9.81. The second-order valence-corrected chi connectivity index (χ2v) is 4.40. The molecule has 15 heavy (non-hydrogen) atoms. The van der Waals surface area contributed by atoms with Gasteiger partial charge in [0.1, 0.15) is 16.2 Å². The zero-order valence-electron chi connectivity index (χ0n) is 8.39.